The van der Waals surface area contributed by atoms with Crippen molar-refractivity contribution in [3.05, 3.63) is 78.6 Å². The van der Waals surface area contributed by atoms with E-state index in [0.717, 1.165) is 16.5 Å². The van der Waals surface area contributed by atoms with E-state index in [-0.39, 0.29) is 11.8 Å². The number of fused-ring (bicyclic) bond motifs is 1. The second-order valence-electron chi connectivity index (χ2n) is 6.62. The summed E-state index contributed by atoms with van der Waals surface area (Å²) < 4.78 is 0. The molecular formula is C22H20N4O2. The number of aromatic nitrogens is 3. The van der Waals surface area contributed by atoms with E-state index in [2.05, 4.69) is 20.3 Å². The maximum atomic E-state index is 10.7. The van der Waals surface area contributed by atoms with Crippen LogP contribution in [0.4, 0.5) is 5.82 Å². The summed E-state index contributed by atoms with van der Waals surface area (Å²) in [6.07, 6.45) is 2.67. The number of para-hydroxylation sites is 1. The number of benzene rings is 2. The number of phenols is 1. The molecule has 6 heteroatoms. The van der Waals surface area contributed by atoms with Crippen LogP contribution in [-0.2, 0) is 0 Å². The van der Waals surface area contributed by atoms with Crippen molar-refractivity contribution >= 4 is 16.7 Å². The Labute approximate surface area is 162 Å². The van der Waals surface area contributed by atoms with E-state index in [1.807, 2.05) is 43.3 Å². The minimum Gasteiger partial charge on any atom is -0.508 e. The Balaban J connectivity index is 1.70. The number of nitrogens with one attached hydrogen (secondary N) is 1. The van der Waals surface area contributed by atoms with E-state index in [1.54, 1.807) is 36.7 Å². The highest BCUT2D eigenvalue weighted by molar-refractivity contribution is 5.90. The zero-order valence-electron chi connectivity index (χ0n) is 15.3. The van der Waals surface area contributed by atoms with Gasteiger partial charge in [0.1, 0.15) is 11.6 Å². The molecule has 2 aromatic carbocycles. The van der Waals surface area contributed by atoms with Gasteiger partial charge < -0.3 is 15.5 Å². The van der Waals surface area contributed by atoms with Gasteiger partial charge in [0.2, 0.25) is 0 Å². The average molecular weight is 372 g/mol. The summed E-state index contributed by atoms with van der Waals surface area (Å²) in [5.41, 5.74) is 2.34. The molecule has 4 rings (SSSR count). The highest BCUT2D eigenvalue weighted by atomic mass is 16.3. The Hall–Kier alpha value is -3.51. The number of nitrogens with zero attached hydrogens (tertiary/aromatic N) is 3. The molecule has 0 bridgehead atoms. The van der Waals surface area contributed by atoms with Crippen molar-refractivity contribution in [1.82, 2.24) is 15.0 Å². The first-order chi connectivity index (χ1) is 13.6. The topological polar surface area (TPSA) is 91.2 Å². The molecule has 2 aromatic heterocycles. The van der Waals surface area contributed by atoms with Crippen LogP contribution in [-0.4, -0.2) is 31.2 Å². The molecule has 0 aliphatic carbocycles. The predicted molar refractivity (Wildman–Crippen MR) is 109 cm³/mol. The molecule has 0 spiro atoms. The maximum absolute atomic E-state index is 10.7. The van der Waals surface area contributed by atoms with Crippen LogP contribution in [0.5, 0.6) is 5.75 Å². The standard InChI is InChI=1S/C22H20N4O2/c1-14(20(28)15-8-10-17(27)11-9-15)24-22-18-6-2-3-7-19(18)25-21(26-22)16-5-4-12-23-13-16/h2-14,20,27-28H,1H3,(H,24,25,26)/t14-,20-/m0/s1. The predicted octanol–water partition coefficient (Wildman–Crippen LogP) is 3.93. The third-order valence-electron chi connectivity index (χ3n) is 4.60. The van der Waals surface area contributed by atoms with Crippen molar-refractivity contribution in [2.24, 2.45) is 0 Å². The van der Waals surface area contributed by atoms with E-state index in [1.165, 1.54) is 0 Å². The molecule has 0 aliphatic heterocycles. The van der Waals surface area contributed by atoms with Gasteiger partial charge >= 0.3 is 0 Å². The van der Waals surface area contributed by atoms with E-state index in [9.17, 15) is 10.2 Å². The first kappa shape index (κ1) is 17.9. The average Bonchev–Trinajstić information content (AvgIpc) is 2.74. The van der Waals surface area contributed by atoms with Crippen LogP contribution in [0.3, 0.4) is 0 Å². The normalized spacial score (nSPS) is 13.2. The first-order valence-electron chi connectivity index (χ1n) is 9.02. The molecule has 0 aliphatic rings. The van der Waals surface area contributed by atoms with E-state index in [0.29, 0.717) is 17.2 Å². The molecule has 0 saturated carbocycles. The Morgan fingerprint density at radius 2 is 1.71 bits per heavy atom. The SMILES string of the molecule is C[C@H](Nc1nc(-c2cccnc2)nc2ccccc12)[C@H](O)c1ccc(O)cc1. The lowest BCUT2D eigenvalue weighted by Gasteiger charge is -2.22. The van der Waals surface area contributed by atoms with Gasteiger partial charge in [-0.05, 0) is 48.9 Å². The number of anilines is 1. The zero-order chi connectivity index (χ0) is 19.5. The summed E-state index contributed by atoms with van der Waals surface area (Å²) in [6, 6.07) is 17.7. The van der Waals surface area contributed by atoms with Gasteiger partial charge in [0, 0.05) is 23.3 Å². The first-order valence-corrected chi connectivity index (χ1v) is 9.02. The Morgan fingerprint density at radius 3 is 2.46 bits per heavy atom. The smallest absolute Gasteiger partial charge is 0.163 e. The number of pyridine rings is 1. The fraction of sp³-hybridized carbons (Fsp3) is 0.136. The summed E-state index contributed by atoms with van der Waals surface area (Å²) in [5, 5.41) is 24.4. The Bertz CT molecular complexity index is 1080. The molecule has 0 unspecified atom stereocenters. The summed E-state index contributed by atoms with van der Waals surface area (Å²) >= 11 is 0. The molecule has 0 radical (unpaired) electrons. The van der Waals surface area contributed by atoms with Crippen LogP contribution < -0.4 is 5.32 Å². The molecule has 2 heterocycles. The molecular weight excluding hydrogens is 352 g/mol. The van der Waals surface area contributed by atoms with Gasteiger partial charge in [0.15, 0.2) is 5.82 Å². The summed E-state index contributed by atoms with van der Waals surface area (Å²) in [6.45, 7) is 1.89. The second kappa shape index (κ2) is 7.62. The molecule has 0 amide bonds. The number of aromatic hydroxyl groups is 1. The lowest BCUT2D eigenvalue weighted by atomic mass is 10.0. The van der Waals surface area contributed by atoms with E-state index in [4.69, 9.17) is 0 Å². The van der Waals surface area contributed by atoms with Crippen LogP contribution >= 0.6 is 0 Å². The van der Waals surface area contributed by atoms with Crippen molar-refractivity contribution in [2.45, 2.75) is 19.1 Å². The van der Waals surface area contributed by atoms with Crippen LogP contribution in [0.15, 0.2) is 73.1 Å². The Morgan fingerprint density at radius 1 is 0.929 bits per heavy atom. The summed E-state index contributed by atoms with van der Waals surface area (Å²) in [7, 11) is 0. The number of aliphatic hydroxyl groups is 1. The number of rotatable bonds is 5. The van der Waals surface area contributed by atoms with Crippen LogP contribution in [0.2, 0.25) is 0 Å². The third kappa shape index (κ3) is 3.63. The summed E-state index contributed by atoms with van der Waals surface area (Å²) in [5.74, 6) is 1.38. The van der Waals surface area contributed by atoms with Gasteiger partial charge in [-0.2, -0.15) is 0 Å². The highest BCUT2D eigenvalue weighted by Gasteiger charge is 2.19. The van der Waals surface area contributed by atoms with Crippen LogP contribution in [0, 0.1) is 0 Å². The van der Waals surface area contributed by atoms with Crippen molar-refractivity contribution in [3.63, 3.8) is 0 Å². The molecule has 6 nitrogen and oxygen atoms in total. The largest absolute Gasteiger partial charge is 0.508 e. The molecule has 0 saturated heterocycles. The molecule has 4 aromatic rings. The maximum Gasteiger partial charge on any atom is 0.163 e. The van der Waals surface area contributed by atoms with Gasteiger partial charge in [-0.3, -0.25) is 4.98 Å². The van der Waals surface area contributed by atoms with Crippen LogP contribution in [0.1, 0.15) is 18.6 Å². The highest BCUT2D eigenvalue weighted by Crippen LogP contribution is 2.27. The Kier molecular flexibility index (Phi) is 4.87. The van der Waals surface area contributed by atoms with Gasteiger partial charge in [0.05, 0.1) is 17.7 Å². The summed E-state index contributed by atoms with van der Waals surface area (Å²) in [4.78, 5) is 13.5. The fourth-order valence-electron chi connectivity index (χ4n) is 3.07. The molecule has 2 atom stereocenters. The van der Waals surface area contributed by atoms with Gasteiger partial charge in [-0.25, -0.2) is 9.97 Å². The second-order valence-corrected chi connectivity index (χ2v) is 6.62. The number of aliphatic hydroxyl groups excluding tert-OH is 1. The van der Waals surface area contributed by atoms with Gasteiger partial charge in [-0.1, -0.05) is 24.3 Å². The number of phenolic OH excluding ortho intramolecular Hbond substituents is 1. The number of hydrogen-bond acceptors (Lipinski definition) is 6. The third-order valence-corrected chi connectivity index (χ3v) is 4.60. The minimum atomic E-state index is -0.767. The van der Waals surface area contributed by atoms with E-state index >= 15 is 0 Å². The van der Waals surface area contributed by atoms with Gasteiger partial charge in [-0.15, -0.1) is 0 Å². The minimum absolute atomic E-state index is 0.166. The van der Waals surface area contributed by atoms with Crippen molar-refractivity contribution in [3.8, 4) is 17.1 Å². The molecule has 0 fully saturated rings. The van der Waals surface area contributed by atoms with Crippen molar-refractivity contribution < 1.29 is 10.2 Å². The zero-order valence-corrected chi connectivity index (χ0v) is 15.3. The van der Waals surface area contributed by atoms with Crippen LogP contribution in [0.25, 0.3) is 22.3 Å². The van der Waals surface area contributed by atoms with Crippen molar-refractivity contribution in [2.75, 3.05) is 5.32 Å². The fourth-order valence-corrected chi connectivity index (χ4v) is 3.07. The monoisotopic (exact) mass is 372 g/mol. The van der Waals surface area contributed by atoms with Crippen molar-refractivity contribution in [1.29, 1.82) is 0 Å². The quantitative estimate of drug-likeness (QED) is 0.492. The van der Waals surface area contributed by atoms with E-state index < -0.39 is 6.10 Å². The number of hydrogen-bond donors (Lipinski definition) is 3. The molecule has 3 N–H and O–H groups in total. The lowest BCUT2D eigenvalue weighted by molar-refractivity contribution is 0.160. The molecule has 28 heavy (non-hydrogen) atoms. The van der Waals surface area contributed by atoms with Gasteiger partial charge in [0.25, 0.3) is 0 Å². The lowest BCUT2D eigenvalue weighted by Crippen LogP contribution is -2.25. The molecule has 140 valence electrons.